The summed E-state index contributed by atoms with van der Waals surface area (Å²) in [5, 5.41) is 1.14. The lowest BCUT2D eigenvalue weighted by Crippen LogP contribution is -2.40. The van der Waals surface area contributed by atoms with Gasteiger partial charge < -0.3 is 19.3 Å². The highest BCUT2D eigenvalue weighted by atomic mass is 32.1. The normalized spacial score (nSPS) is 20.4. The molecule has 0 N–H and O–H groups in total. The molecule has 3 heterocycles. The number of carbonyl (C=O) groups is 2. The summed E-state index contributed by atoms with van der Waals surface area (Å²) in [5.74, 6) is 0.290. The highest BCUT2D eigenvalue weighted by molar-refractivity contribution is 7.21. The smallest absolute Gasteiger partial charge is 0.264 e. The van der Waals surface area contributed by atoms with Crippen molar-refractivity contribution in [3.63, 3.8) is 0 Å². The van der Waals surface area contributed by atoms with E-state index in [-0.39, 0.29) is 24.3 Å². The molecular weight excluding hydrogens is 364 g/mol. The number of hydrogen-bond donors (Lipinski definition) is 0. The van der Waals surface area contributed by atoms with E-state index >= 15 is 0 Å². The van der Waals surface area contributed by atoms with Crippen LogP contribution in [0.5, 0.6) is 0 Å². The fraction of sp³-hybridized carbons (Fsp3) is 0.500. The Morgan fingerprint density at radius 1 is 1.19 bits per heavy atom. The summed E-state index contributed by atoms with van der Waals surface area (Å²) < 4.78 is 11.5. The highest BCUT2D eigenvalue weighted by Gasteiger charge is 2.33. The minimum absolute atomic E-state index is 0.0144. The lowest BCUT2D eigenvalue weighted by molar-refractivity contribution is -0.134. The molecule has 2 fully saturated rings. The number of rotatable bonds is 4. The molecule has 1 atom stereocenters. The summed E-state index contributed by atoms with van der Waals surface area (Å²) in [6, 6.07) is 8.19. The van der Waals surface area contributed by atoms with E-state index in [1.165, 1.54) is 7.11 Å². The van der Waals surface area contributed by atoms with Crippen LogP contribution in [0.3, 0.4) is 0 Å². The fourth-order valence-corrected chi connectivity index (χ4v) is 5.23. The zero-order valence-electron chi connectivity index (χ0n) is 15.5. The number of nitrogens with zero attached hydrogens (tertiary/aromatic N) is 2. The minimum atomic E-state index is 0.0144. The number of thiophene rings is 1. The highest BCUT2D eigenvalue weighted by Crippen LogP contribution is 2.40. The maximum atomic E-state index is 13.2. The van der Waals surface area contributed by atoms with Gasteiger partial charge in [-0.2, -0.15) is 0 Å². The summed E-state index contributed by atoms with van der Waals surface area (Å²) in [6.45, 7) is 3.92. The number of likely N-dealkylation sites (tertiary alicyclic amines) is 1. The number of amides is 2. The van der Waals surface area contributed by atoms with E-state index in [1.807, 2.05) is 21.9 Å². The van der Waals surface area contributed by atoms with Gasteiger partial charge in [-0.1, -0.05) is 18.2 Å². The summed E-state index contributed by atoms with van der Waals surface area (Å²) >= 11 is 1.57. The second-order valence-corrected chi connectivity index (χ2v) is 8.06. The Kier molecular flexibility index (Phi) is 5.43. The number of methoxy groups -OCH3 is 1. The van der Waals surface area contributed by atoms with Crippen LogP contribution in [0.2, 0.25) is 0 Å². The van der Waals surface area contributed by atoms with Crippen molar-refractivity contribution in [2.24, 2.45) is 0 Å². The van der Waals surface area contributed by atoms with E-state index in [4.69, 9.17) is 9.47 Å². The van der Waals surface area contributed by atoms with Crippen LogP contribution in [-0.4, -0.2) is 74.7 Å². The van der Waals surface area contributed by atoms with Gasteiger partial charge in [0, 0.05) is 43.9 Å². The van der Waals surface area contributed by atoms with Crippen molar-refractivity contribution in [1.82, 2.24) is 9.80 Å². The predicted molar refractivity (Wildman–Crippen MR) is 104 cm³/mol. The molecule has 2 saturated heterocycles. The van der Waals surface area contributed by atoms with Crippen LogP contribution in [0.4, 0.5) is 0 Å². The summed E-state index contributed by atoms with van der Waals surface area (Å²) in [6.07, 6.45) is 0.875. The SMILES string of the molecule is COCC(=O)N1CC[C@@H](c2c(C(=O)N3CCOCC3)sc3ccccc23)C1. The Morgan fingerprint density at radius 3 is 2.74 bits per heavy atom. The molecule has 27 heavy (non-hydrogen) atoms. The van der Waals surface area contributed by atoms with Crippen molar-refractivity contribution in [3.05, 3.63) is 34.7 Å². The van der Waals surface area contributed by atoms with Crippen molar-refractivity contribution in [2.75, 3.05) is 53.1 Å². The molecule has 2 amide bonds. The number of carbonyl (C=O) groups excluding carboxylic acids is 2. The quantitative estimate of drug-likeness (QED) is 0.807. The van der Waals surface area contributed by atoms with Gasteiger partial charge in [-0.15, -0.1) is 11.3 Å². The molecule has 0 spiro atoms. The third-order valence-corrected chi connectivity index (χ3v) is 6.52. The number of fused-ring (bicyclic) bond motifs is 1. The van der Waals surface area contributed by atoms with Crippen LogP contribution < -0.4 is 0 Å². The number of morpholine rings is 1. The molecule has 6 nitrogen and oxygen atoms in total. The Balaban J connectivity index is 1.67. The molecule has 1 aromatic carbocycles. The standard InChI is InChI=1S/C20H24N2O4S/c1-25-13-17(23)22-7-6-14(12-22)18-15-4-2-3-5-16(15)27-19(18)20(24)21-8-10-26-11-9-21/h2-5,14H,6-13H2,1H3/t14-/m1/s1. The molecule has 0 saturated carbocycles. The molecule has 0 bridgehead atoms. The number of ether oxygens (including phenoxy) is 2. The van der Waals surface area contributed by atoms with Gasteiger partial charge in [0.2, 0.25) is 5.91 Å². The average Bonchev–Trinajstić information content (AvgIpc) is 3.33. The van der Waals surface area contributed by atoms with Gasteiger partial charge >= 0.3 is 0 Å². The third kappa shape index (κ3) is 3.59. The average molecular weight is 388 g/mol. The lowest BCUT2D eigenvalue weighted by Gasteiger charge is -2.27. The van der Waals surface area contributed by atoms with Crippen molar-refractivity contribution in [2.45, 2.75) is 12.3 Å². The minimum Gasteiger partial charge on any atom is -0.378 e. The molecule has 7 heteroatoms. The zero-order chi connectivity index (χ0) is 18.8. The molecule has 2 aliphatic rings. The Bertz CT molecular complexity index is 844. The topological polar surface area (TPSA) is 59.1 Å². The van der Waals surface area contributed by atoms with Crippen LogP contribution in [0.25, 0.3) is 10.1 Å². The van der Waals surface area contributed by atoms with Crippen LogP contribution in [0.1, 0.15) is 27.6 Å². The Morgan fingerprint density at radius 2 is 1.96 bits per heavy atom. The van der Waals surface area contributed by atoms with Gasteiger partial charge in [-0.3, -0.25) is 9.59 Å². The van der Waals surface area contributed by atoms with Crippen LogP contribution in [-0.2, 0) is 14.3 Å². The molecule has 2 aromatic rings. The molecule has 2 aliphatic heterocycles. The number of hydrogen-bond acceptors (Lipinski definition) is 5. The molecular formula is C20H24N2O4S. The van der Waals surface area contributed by atoms with Gasteiger partial charge in [0.15, 0.2) is 0 Å². The van der Waals surface area contributed by atoms with Gasteiger partial charge in [-0.25, -0.2) is 0 Å². The van der Waals surface area contributed by atoms with Crippen molar-refractivity contribution >= 4 is 33.2 Å². The van der Waals surface area contributed by atoms with Crippen molar-refractivity contribution < 1.29 is 19.1 Å². The fourth-order valence-electron chi connectivity index (χ4n) is 3.98. The molecule has 0 unspecified atom stereocenters. The Hall–Kier alpha value is -1.96. The first-order valence-corrected chi connectivity index (χ1v) is 10.2. The van der Waals surface area contributed by atoms with Crippen LogP contribution >= 0.6 is 11.3 Å². The predicted octanol–water partition coefficient (Wildman–Crippen LogP) is 2.34. The molecule has 4 rings (SSSR count). The second kappa shape index (κ2) is 7.96. The molecule has 1 aromatic heterocycles. The van der Waals surface area contributed by atoms with Crippen LogP contribution in [0, 0.1) is 0 Å². The first-order chi connectivity index (χ1) is 13.2. The van der Waals surface area contributed by atoms with E-state index in [0.717, 1.165) is 26.9 Å². The zero-order valence-corrected chi connectivity index (χ0v) is 16.3. The number of benzene rings is 1. The Labute approximate surface area is 162 Å². The maximum absolute atomic E-state index is 13.2. The van der Waals surface area contributed by atoms with Gasteiger partial charge in [-0.05, 0) is 23.4 Å². The van der Waals surface area contributed by atoms with Crippen molar-refractivity contribution in [3.8, 4) is 0 Å². The lowest BCUT2D eigenvalue weighted by atomic mass is 9.94. The third-order valence-electron chi connectivity index (χ3n) is 5.34. The van der Waals surface area contributed by atoms with E-state index in [1.54, 1.807) is 11.3 Å². The van der Waals surface area contributed by atoms with E-state index in [2.05, 4.69) is 12.1 Å². The molecule has 144 valence electrons. The van der Waals surface area contributed by atoms with Gasteiger partial charge in [0.05, 0.1) is 18.1 Å². The summed E-state index contributed by atoms with van der Waals surface area (Å²) in [5.41, 5.74) is 1.11. The van der Waals surface area contributed by atoms with E-state index in [9.17, 15) is 9.59 Å². The monoisotopic (exact) mass is 388 g/mol. The maximum Gasteiger partial charge on any atom is 0.264 e. The first kappa shape index (κ1) is 18.4. The largest absolute Gasteiger partial charge is 0.378 e. The van der Waals surface area contributed by atoms with Crippen molar-refractivity contribution in [1.29, 1.82) is 0 Å². The van der Waals surface area contributed by atoms with E-state index < -0.39 is 0 Å². The van der Waals surface area contributed by atoms with Gasteiger partial charge in [0.1, 0.15) is 6.61 Å². The summed E-state index contributed by atoms with van der Waals surface area (Å²) in [7, 11) is 1.54. The summed E-state index contributed by atoms with van der Waals surface area (Å²) in [4.78, 5) is 30.0. The van der Waals surface area contributed by atoms with E-state index in [0.29, 0.717) is 39.4 Å². The molecule has 0 radical (unpaired) electrons. The van der Waals surface area contributed by atoms with Gasteiger partial charge in [0.25, 0.3) is 5.91 Å². The first-order valence-electron chi connectivity index (χ1n) is 9.34. The molecule has 0 aliphatic carbocycles. The van der Waals surface area contributed by atoms with Crippen LogP contribution in [0.15, 0.2) is 24.3 Å². The second-order valence-electron chi connectivity index (χ2n) is 7.00.